The zero-order valence-electron chi connectivity index (χ0n) is 20.4. The maximum atomic E-state index is 11.6. The third kappa shape index (κ3) is 24.5. The largest absolute Gasteiger partial charge is 0.378 e. The summed E-state index contributed by atoms with van der Waals surface area (Å²) in [6.45, 7) is 8.55. The average molecular weight is 469 g/mol. The summed E-state index contributed by atoms with van der Waals surface area (Å²) in [7, 11) is 0. The normalized spacial score (nSPS) is 10.8. The molecule has 1 atom stereocenters. The summed E-state index contributed by atoms with van der Waals surface area (Å²) in [6, 6.07) is 9.04. The van der Waals surface area contributed by atoms with Gasteiger partial charge in [-0.1, -0.05) is 57.0 Å². The number of ketones is 1. The zero-order valence-corrected chi connectivity index (χ0v) is 20.4. The van der Waals surface area contributed by atoms with Crippen LogP contribution in [0.25, 0.3) is 0 Å². The first-order chi connectivity index (χ1) is 16.1. The van der Waals surface area contributed by atoms with Gasteiger partial charge in [0.25, 0.3) is 0 Å². The Labute approximate surface area is 199 Å². The van der Waals surface area contributed by atoms with Crippen molar-refractivity contribution in [3.63, 3.8) is 0 Å². The van der Waals surface area contributed by atoms with E-state index in [0.29, 0.717) is 64.7 Å². The maximum Gasteiger partial charge on any atom is 0.166 e. The Morgan fingerprint density at radius 1 is 0.848 bits per heavy atom. The standard InChI is InChI=1S/C11H12O2.C8H20N2O3.C6H12O/c1-9(7-8-12)11(13)10-5-3-2-4-6-10;9-1-3-11-5-7-13-8-6-12-4-2-10;1-2-3-4-5-6-7/h2-6,8-9H,7H2,1H3;1-10H2;6H,2-5H2,1H3. The number of rotatable bonds is 18. The van der Waals surface area contributed by atoms with Crippen molar-refractivity contribution >= 4 is 18.4 Å². The summed E-state index contributed by atoms with van der Waals surface area (Å²) in [5, 5.41) is 0. The van der Waals surface area contributed by atoms with Gasteiger partial charge in [-0.2, -0.15) is 0 Å². The molecule has 0 aliphatic carbocycles. The monoisotopic (exact) mass is 468 g/mol. The summed E-state index contributed by atoms with van der Waals surface area (Å²) in [6.07, 6.45) is 6.27. The van der Waals surface area contributed by atoms with Crippen LogP contribution in [0, 0.1) is 5.92 Å². The zero-order chi connectivity index (χ0) is 25.0. The summed E-state index contributed by atoms with van der Waals surface area (Å²) in [5.41, 5.74) is 11.1. The van der Waals surface area contributed by atoms with E-state index in [1.807, 2.05) is 18.2 Å². The predicted molar refractivity (Wildman–Crippen MR) is 131 cm³/mol. The van der Waals surface area contributed by atoms with Gasteiger partial charge in [0.05, 0.1) is 39.6 Å². The second-order valence-corrected chi connectivity index (χ2v) is 7.11. The third-order valence-electron chi connectivity index (χ3n) is 4.15. The Morgan fingerprint density at radius 3 is 1.79 bits per heavy atom. The Bertz CT molecular complexity index is 547. The number of Topliss-reactive ketones (excluding diaryl/α,β-unsaturated/α-hetero) is 1. The molecule has 0 amide bonds. The molecule has 4 N–H and O–H groups in total. The van der Waals surface area contributed by atoms with Crippen LogP contribution in [0.1, 0.15) is 56.3 Å². The molecule has 1 aromatic carbocycles. The SMILES string of the molecule is CC(CC=O)C(=O)c1ccccc1.CCCCCC=O.NCCOCCOCCOCCN. The molecule has 0 bridgehead atoms. The maximum absolute atomic E-state index is 11.6. The topological polar surface area (TPSA) is 131 Å². The number of carbonyl (C=O) groups is 3. The van der Waals surface area contributed by atoms with Gasteiger partial charge in [-0.15, -0.1) is 0 Å². The van der Waals surface area contributed by atoms with Crippen molar-refractivity contribution in [2.24, 2.45) is 17.4 Å². The van der Waals surface area contributed by atoms with Crippen LogP contribution in [-0.4, -0.2) is 71.1 Å². The Morgan fingerprint density at radius 2 is 1.36 bits per heavy atom. The van der Waals surface area contributed by atoms with Crippen molar-refractivity contribution in [3.8, 4) is 0 Å². The molecule has 0 aliphatic rings. The molecule has 1 unspecified atom stereocenters. The quantitative estimate of drug-likeness (QED) is 0.191. The lowest BCUT2D eigenvalue weighted by molar-refractivity contribution is -0.108. The molecule has 0 fully saturated rings. The van der Waals surface area contributed by atoms with Crippen molar-refractivity contribution in [1.29, 1.82) is 0 Å². The average Bonchev–Trinajstić information content (AvgIpc) is 2.84. The van der Waals surface area contributed by atoms with Crippen LogP contribution < -0.4 is 11.5 Å². The van der Waals surface area contributed by atoms with Crippen LogP contribution >= 0.6 is 0 Å². The number of hydrogen-bond donors (Lipinski definition) is 2. The Kier molecular flexibility index (Phi) is 28.2. The molecule has 190 valence electrons. The molecular weight excluding hydrogens is 424 g/mol. The number of nitrogens with two attached hydrogens (primary N) is 2. The molecule has 0 radical (unpaired) electrons. The van der Waals surface area contributed by atoms with E-state index in [9.17, 15) is 14.4 Å². The van der Waals surface area contributed by atoms with Gasteiger partial charge >= 0.3 is 0 Å². The van der Waals surface area contributed by atoms with E-state index in [2.05, 4.69) is 6.92 Å². The molecule has 1 aromatic rings. The summed E-state index contributed by atoms with van der Waals surface area (Å²) >= 11 is 0. The van der Waals surface area contributed by atoms with Gasteiger partial charge in [0.2, 0.25) is 0 Å². The number of hydrogen-bond acceptors (Lipinski definition) is 8. The van der Waals surface area contributed by atoms with E-state index < -0.39 is 0 Å². The smallest absolute Gasteiger partial charge is 0.166 e. The van der Waals surface area contributed by atoms with Gasteiger partial charge in [-0.3, -0.25) is 4.79 Å². The minimum absolute atomic E-state index is 0.0349. The first-order valence-corrected chi connectivity index (χ1v) is 11.7. The second kappa shape index (κ2) is 28.1. The molecule has 8 heteroatoms. The molecule has 0 spiro atoms. The fraction of sp³-hybridized carbons (Fsp3) is 0.640. The molecule has 33 heavy (non-hydrogen) atoms. The summed E-state index contributed by atoms with van der Waals surface area (Å²) < 4.78 is 15.4. The van der Waals surface area contributed by atoms with Crippen molar-refractivity contribution in [2.45, 2.75) is 46.0 Å². The van der Waals surface area contributed by atoms with Crippen LogP contribution in [0.2, 0.25) is 0 Å². The lowest BCUT2D eigenvalue weighted by atomic mass is 9.97. The van der Waals surface area contributed by atoms with Crippen LogP contribution in [0.3, 0.4) is 0 Å². The van der Waals surface area contributed by atoms with Crippen molar-refractivity contribution in [2.75, 3.05) is 52.7 Å². The number of aldehydes is 2. The van der Waals surface area contributed by atoms with Crippen molar-refractivity contribution < 1.29 is 28.6 Å². The molecule has 0 saturated heterocycles. The van der Waals surface area contributed by atoms with Gasteiger partial charge < -0.3 is 35.3 Å². The van der Waals surface area contributed by atoms with E-state index in [-0.39, 0.29) is 11.7 Å². The van der Waals surface area contributed by atoms with Crippen LogP contribution in [0.5, 0.6) is 0 Å². The van der Waals surface area contributed by atoms with E-state index in [0.717, 1.165) is 25.4 Å². The highest BCUT2D eigenvalue weighted by Gasteiger charge is 2.13. The van der Waals surface area contributed by atoms with Crippen molar-refractivity contribution in [3.05, 3.63) is 35.9 Å². The Hall–Kier alpha value is -1.97. The second-order valence-electron chi connectivity index (χ2n) is 7.11. The van der Waals surface area contributed by atoms with E-state index >= 15 is 0 Å². The summed E-state index contributed by atoms with van der Waals surface area (Å²) in [4.78, 5) is 31.5. The van der Waals surface area contributed by atoms with Crippen LogP contribution in [-0.2, 0) is 23.8 Å². The molecule has 8 nitrogen and oxygen atoms in total. The van der Waals surface area contributed by atoms with E-state index in [1.54, 1.807) is 19.1 Å². The van der Waals surface area contributed by atoms with Crippen molar-refractivity contribution in [1.82, 2.24) is 0 Å². The van der Waals surface area contributed by atoms with Gasteiger partial charge in [0.1, 0.15) is 12.6 Å². The molecule has 0 heterocycles. The first kappa shape index (κ1) is 33.2. The molecular formula is C25H44N2O6. The van der Waals surface area contributed by atoms with Crippen LogP contribution in [0.15, 0.2) is 30.3 Å². The number of ether oxygens (including phenoxy) is 3. The van der Waals surface area contributed by atoms with Gasteiger partial charge in [-0.05, 0) is 6.42 Å². The van der Waals surface area contributed by atoms with Gasteiger partial charge in [0, 0.05) is 37.4 Å². The van der Waals surface area contributed by atoms with Crippen LogP contribution in [0.4, 0.5) is 0 Å². The third-order valence-corrected chi connectivity index (χ3v) is 4.15. The van der Waals surface area contributed by atoms with E-state index in [1.165, 1.54) is 12.8 Å². The lowest BCUT2D eigenvalue weighted by Gasteiger charge is -2.05. The number of carbonyl (C=O) groups excluding carboxylic acids is 3. The predicted octanol–water partition coefficient (Wildman–Crippen LogP) is 2.81. The highest BCUT2D eigenvalue weighted by Crippen LogP contribution is 2.10. The highest BCUT2D eigenvalue weighted by molar-refractivity contribution is 5.98. The first-order valence-electron chi connectivity index (χ1n) is 11.7. The van der Waals surface area contributed by atoms with Gasteiger partial charge in [0.15, 0.2) is 5.78 Å². The molecule has 0 aromatic heterocycles. The minimum Gasteiger partial charge on any atom is -0.378 e. The molecule has 0 saturated carbocycles. The van der Waals surface area contributed by atoms with E-state index in [4.69, 9.17) is 25.7 Å². The molecule has 0 aliphatic heterocycles. The number of benzene rings is 1. The molecule has 1 rings (SSSR count). The fourth-order valence-corrected chi connectivity index (χ4v) is 2.32. The highest BCUT2D eigenvalue weighted by atomic mass is 16.5. The van der Waals surface area contributed by atoms with Gasteiger partial charge in [-0.25, -0.2) is 0 Å². The number of unbranched alkanes of at least 4 members (excludes halogenated alkanes) is 3. The minimum atomic E-state index is -0.208. The fourth-order valence-electron chi connectivity index (χ4n) is 2.32. The summed E-state index contributed by atoms with van der Waals surface area (Å²) in [5.74, 6) is -0.174. The Balaban J connectivity index is 0. The lowest BCUT2D eigenvalue weighted by Crippen LogP contribution is -2.15.